The van der Waals surface area contributed by atoms with Crippen LogP contribution in [0.5, 0.6) is 34.5 Å². The third kappa shape index (κ3) is 30.3. The van der Waals surface area contributed by atoms with Gasteiger partial charge in [-0.3, -0.25) is 0 Å². The molecular formula is C83H124O16Se3. The van der Waals surface area contributed by atoms with Gasteiger partial charge in [0.25, 0.3) is 0 Å². The number of benzene rings is 6. The quantitative estimate of drug-likeness (QED) is 0.0269. The summed E-state index contributed by atoms with van der Waals surface area (Å²) in [5.74, 6) is 10.3. The first-order chi connectivity index (χ1) is 48.8. The number of ether oxygens (including phenoxy) is 12. The van der Waals surface area contributed by atoms with Crippen molar-refractivity contribution in [1.82, 2.24) is 0 Å². The topological polar surface area (TPSA) is 192 Å². The summed E-state index contributed by atoms with van der Waals surface area (Å²) in [5, 5.41) is 39.1. The Hall–Kier alpha value is -4.72. The molecular weight excluding hydrogens is 1490 g/mol. The Morgan fingerprint density at radius 1 is 0.402 bits per heavy atom. The van der Waals surface area contributed by atoms with E-state index in [9.17, 15) is 5.11 Å². The van der Waals surface area contributed by atoms with Crippen LogP contribution in [0.15, 0.2) is 146 Å². The molecule has 0 saturated carbocycles. The number of rotatable bonds is 37. The predicted octanol–water partition coefficient (Wildman–Crippen LogP) is 15.9. The van der Waals surface area contributed by atoms with Crippen LogP contribution in [0.1, 0.15) is 122 Å². The van der Waals surface area contributed by atoms with Crippen molar-refractivity contribution < 1.29 is 77.3 Å². The van der Waals surface area contributed by atoms with Gasteiger partial charge in [-0.1, -0.05) is 72.2 Å². The van der Waals surface area contributed by atoms with Crippen molar-refractivity contribution in [2.45, 2.75) is 209 Å². The molecule has 2 aliphatic heterocycles. The molecule has 19 heteroatoms. The van der Waals surface area contributed by atoms with Gasteiger partial charge in [-0.05, 0) is 47.2 Å². The Morgan fingerprint density at radius 3 is 0.990 bits per heavy atom. The molecule has 6 aromatic rings. The summed E-state index contributed by atoms with van der Waals surface area (Å²) in [5.41, 5.74) is 6.97. The molecule has 0 amide bonds. The van der Waals surface area contributed by atoms with Crippen LogP contribution in [0, 0.1) is 35.5 Å². The summed E-state index contributed by atoms with van der Waals surface area (Å²) in [7, 11) is 10.1. The van der Waals surface area contributed by atoms with E-state index in [2.05, 4.69) is 141 Å². The number of aliphatic hydroxyl groups is 4. The van der Waals surface area contributed by atoms with E-state index in [1.807, 2.05) is 72.8 Å². The maximum atomic E-state index is 9.25. The van der Waals surface area contributed by atoms with Gasteiger partial charge in [-0.25, -0.2) is 0 Å². The standard InChI is InChI=1S/C26H38O4Se.C26H38O4.C24H32O4Se.C6H12O4Se.CH4/c1-7-19(2)25(29-16-21-8-12-23(27-4)13-9-21)26(20(3)18-31-6)30-17-22-10-14-24(28-5)15-11-22;1-7-19(3)25(29-17-21-9-13-23(27-5)14-10-21)26(20(4)8-2)30-18-22-11-15-24(28-6)16-12-22;1-17-18(2)24(15-27-13-19-5-9-21(25-3)10-6-19)29-16-23(17)28-14-20-7-11-22(26-4)12-8-20;7-1-4-6(10)5(9)3(8)2-11-4;/h8-15,19-20,25-26H,7,16-18H2,1-6H3;9-16,19-20,25-26H,7-8,17-18H2,1-6H3;5-12,17-18,23-24H,13-16H2,1-4H3;3-10H,1-2H2;1H4/t19?,20-,25-,26?;19-,20?,25?,26-;17?,18-,23+,24?;3-,4?,5?,6-;/m1101./s1. The van der Waals surface area contributed by atoms with Crippen LogP contribution in [0.3, 0.4) is 0 Å². The minimum atomic E-state index is -1.08. The molecule has 0 radical (unpaired) electrons. The molecule has 0 aromatic heterocycles. The van der Waals surface area contributed by atoms with Crippen LogP contribution < -0.4 is 28.4 Å². The van der Waals surface area contributed by atoms with E-state index in [0.717, 1.165) is 87.9 Å². The van der Waals surface area contributed by atoms with Crippen LogP contribution in [0.2, 0.25) is 31.4 Å². The fourth-order valence-corrected chi connectivity index (χ4v) is 18.7. The monoisotopic (exact) mass is 1620 g/mol. The van der Waals surface area contributed by atoms with Crippen molar-refractivity contribution in [2.24, 2.45) is 35.5 Å². The zero-order chi connectivity index (χ0) is 73.6. The summed E-state index contributed by atoms with van der Waals surface area (Å²) in [4.78, 5) is 0.428. The normalized spacial score (nSPS) is 20.9. The van der Waals surface area contributed by atoms with E-state index in [0.29, 0.717) is 121 Å². The Morgan fingerprint density at radius 2 is 0.696 bits per heavy atom. The SMILES string of the molecule is C.CCC(C)[C@@H](OCc1ccc(OC)cc1)C(OCc1ccc(OC)cc1)[C@H](C)CC.CCC(C)[C@@H](OCc1ccc(OC)cc1)C(OCc1ccc(OC)cc1)[C@H](C)C[Se]C.COc1ccc(COCC2[Se]C[C@@H](OCc3ccc(OC)cc3)C(C)[C@@H]2C)cc1.OCC1[Se]C[C@@H](O)C(O)[C@@H]1O. The molecule has 16 atom stereocenters. The van der Waals surface area contributed by atoms with Gasteiger partial charge in [0, 0.05) is 0 Å². The Kier molecular flexibility index (Phi) is 43.9. The van der Waals surface area contributed by atoms with Crippen molar-refractivity contribution in [2.75, 3.05) is 55.9 Å². The summed E-state index contributed by atoms with van der Waals surface area (Å²) < 4.78 is 69.9. The molecule has 4 N–H and O–H groups in total. The first kappa shape index (κ1) is 89.7. The molecule has 570 valence electrons. The fourth-order valence-electron chi connectivity index (χ4n) is 11.6. The van der Waals surface area contributed by atoms with Gasteiger partial charge < -0.3 is 18.9 Å². The van der Waals surface area contributed by atoms with E-state index in [1.165, 1.54) is 16.4 Å². The first-order valence-corrected chi connectivity index (χ1v) is 42.9. The van der Waals surface area contributed by atoms with Crippen molar-refractivity contribution in [1.29, 1.82) is 0 Å². The van der Waals surface area contributed by atoms with Crippen molar-refractivity contribution in [3.05, 3.63) is 179 Å². The molecule has 0 aliphatic carbocycles. The maximum absolute atomic E-state index is 9.25. The minimum absolute atomic E-state index is 0. The molecule has 2 aliphatic rings. The fraction of sp³-hybridized carbons (Fsp3) is 0.566. The Balaban J connectivity index is 0.000000300. The summed E-state index contributed by atoms with van der Waals surface area (Å²) >= 11 is 1.17. The molecule has 8 unspecified atom stereocenters. The molecule has 16 nitrogen and oxygen atoms in total. The van der Waals surface area contributed by atoms with Crippen molar-refractivity contribution >= 4 is 44.9 Å². The predicted molar refractivity (Wildman–Crippen MR) is 413 cm³/mol. The molecule has 0 bridgehead atoms. The molecule has 2 saturated heterocycles. The molecule has 2 heterocycles. The zero-order valence-corrected chi connectivity index (χ0v) is 68.0. The second-order valence-electron chi connectivity index (χ2n) is 26.3. The third-order valence-corrected chi connectivity index (χ3v) is 27.2. The Bertz CT molecular complexity index is 3010. The van der Waals surface area contributed by atoms with Gasteiger partial charge in [0.05, 0.1) is 39.6 Å². The van der Waals surface area contributed by atoms with E-state index in [-0.39, 0.29) is 58.2 Å². The van der Waals surface area contributed by atoms with E-state index in [4.69, 9.17) is 72.2 Å². The van der Waals surface area contributed by atoms with Crippen molar-refractivity contribution in [3.63, 3.8) is 0 Å². The number of aliphatic hydroxyl groups excluding tert-OH is 4. The average molecular weight is 1610 g/mol. The number of hydrogen-bond acceptors (Lipinski definition) is 16. The van der Waals surface area contributed by atoms with E-state index >= 15 is 0 Å². The zero-order valence-electron chi connectivity index (χ0n) is 62.9. The molecule has 6 aromatic carbocycles. The third-order valence-electron chi connectivity index (χ3n) is 19.3. The van der Waals surface area contributed by atoms with Gasteiger partial charge in [0.1, 0.15) is 11.5 Å². The van der Waals surface area contributed by atoms with Crippen LogP contribution in [-0.2, 0) is 68.1 Å². The second kappa shape index (κ2) is 50.0. The second-order valence-corrected chi connectivity index (χ2v) is 33.6. The molecule has 8 rings (SSSR count). The van der Waals surface area contributed by atoms with Crippen LogP contribution >= 0.6 is 0 Å². The molecule has 0 spiro atoms. The molecule has 102 heavy (non-hydrogen) atoms. The van der Waals surface area contributed by atoms with Crippen LogP contribution in [0.25, 0.3) is 0 Å². The van der Waals surface area contributed by atoms with Gasteiger partial charge in [0.15, 0.2) is 0 Å². The van der Waals surface area contributed by atoms with E-state index < -0.39 is 18.3 Å². The molecule has 2 fully saturated rings. The summed E-state index contributed by atoms with van der Waals surface area (Å²) in [6, 6.07) is 48.6. The number of hydrogen-bond donors (Lipinski definition) is 4. The van der Waals surface area contributed by atoms with Crippen LogP contribution in [0.4, 0.5) is 0 Å². The van der Waals surface area contributed by atoms with Gasteiger partial charge in [-0.15, -0.1) is 0 Å². The van der Waals surface area contributed by atoms with Gasteiger partial charge >= 0.3 is 446 Å². The van der Waals surface area contributed by atoms with Gasteiger partial charge in [-0.2, -0.15) is 0 Å². The Labute approximate surface area is 631 Å². The summed E-state index contributed by atoms with van der Waals surface area (Å²) in [6.07, 6.45) is 0.803. The van der Waals surface area contributed by atoms with Gasteiger partial charge in [0.2, 0.25) is 0 Å². The van der Waals surface area contributed by atoms with Crippen LogP contribution in [-0.4, -0.2) is 170 Å². The number of methoxy groups -OCH3 is 6. The summed E-state index contributed by atoms with van der Waals surface area (Å²) in [6.45, 7) is 24.8. The van der Waals surface area contributed by atoms with E-state index in [1.54, 1.807) is 42.7 Å². The van der Waals surface area contributed by atoms with Crippen molar-refractivity contribution in [3.8, 4) is 34.5 Å². The average Bonchev–Trinajstić information content (AvgIpc) is 0.841. The first-order valence-electron chi connectivity index (χ1n) is 35.6.